The van der Waals surface area contributed by atoms with Crippen LogP contribution in [-0.4, -0.2) is 24.1 Å². The Morgan fingerprint density at radius 1 is 1.19 bits per heavy atom. The zero-order chi connectivity index (χ0) is 19.6. The molecule has 3 aromatic rings. The molecule has 1 aromatic heterocycles. The van der Waals surface area contributed by atoms with Gasteiger partial charge in [-0.05, 0) is 30.3 Å². The molecule has 1 amide bonds. The molecule has 10 heteroatoms. The summed E-state index contributed by atoms with van der Waals surface area (Å²) in [5.41, 5.74) is 0.441. The van der Waals surface area contributed by atoms with Gasteiger partial charge in [0.05, 0.1) is 23.1 Å². The number of carbonyl (C=O) groups is 1. The van der Waals surface area contributed by atoms with Crippen LogP contribution in [0.3, 0.4) is 0 Å². The van der Waals surface area contributed by atoms with Gasteiger partial charge >= 0.3 is 0 Å². The molecule has 0 saturated heterocycles. The number of sulfonamides is 1. The molecule has 1 heterocycles. The number of nitrogens with zero attached hydrogens (tertiary/aromatic N) is 2. The number of hydrogen-bond donors (Lipinski definition) is 2. The molecular formula is C17H14ClFN4O3S. The van der Waals surface area contributed by atoms with E-state index in [0.717, 1.165) is 12.1 Å². The molecule has 140 valence electrons. The second-order valence-corrected chi connectivity index (χ2v) is 7.67. The lowest BCUT2D eigenvalue weighted by atomic mass is 10.2. The molecule has 0 aliphatic carbocycles. The van der Waals surface area contributed by atoms with Crippen LogP contribution in [0.5, 0.6) is 0 Å². The zero-order valence-electron chi connectivity index (χ0n) is 14.0. The first-order chi connectivity index (χ1) is 12.8. The van der Waals surface area contributed by atoms with Crippen molar-refractivity contribution in [3.63, 3.8) is 0 Å². The van der Waals surface area contributed by atoms with Crippen LogP contribution < -0.4 is 10.0 Å². The Balaban J connectivity index is 1.92. The van der Waals surface area contributed by atoms with E-state index in [2.05, 4.69) is 15.1 Å². The van der Waals surface area contributed by atoms with Crippen LogP contribution in [0.4, 0.5) is 15.8 Å². The van der Waals surface area contributed by atoms with Gasteiger partial charge in [0.25, 0.3) is 15.9 Å². The van der Waals surface area contributed by atoms with E-state index in [0.29, 0.717) is 0 Å². The summed E-state index contributed by atoms with van der Waals surface area (Å²) in [6.07, 6.45) is 2.87. The highest BCUT2D eigenvalue weighted by molar-refractivity contribution is 7.92. The molecular weight excluding hydrogens is 395 g/mol. The summed E-state index contributed by atoms with van der Waals surface area (Å²) in [6, 6.07) is 9.18. The number of aromatic nitrogens is 2. The second kappa shape index (κ2) is 7.37. The monoisotopic (exact) mass is 408 g/mol. The van der Waals surface area contributed by atoms with Gasteiger partial charge in [-0.2, -0.15) is 5.10 Å². The average Bonchev–Trinajstić information content (AvgIpc) is 3.04. The van der Waals surface area contributed by atoms with Crippen LogP contribution in [0.2, 0.25) is 5.02 Å². The van der Waals surface area contributed by atoms with Gasteiger partial charge in [-0.25, -0.2) is 12.8 Å². The van der Waals surface area contributed by atoms with E-state index in [4.69, 9.17) is 11.6 Å². The van der Waals surface area contributed by atoms with Crippen molar-refractivity contribution in [3.05, 3.63) is 71.3 Å². The van der Waals surface area contributed by atoms with E-state index < -0.39 is 26.6 Å². The summed E-state index contributed by atoms with van der Waals surface area (Å²) in [5.74, 6) is -1.39. The maximum absolute atomic E-state index is 13.9. The van der Waals surface area contributed by atoms with Crippen molar-refractivity contribution in [3.8, 4) is 0 Å². The van der Waals surface area contributed by atoms with Crippen LogP contribution in [0, 0.1) is 5.82 Å². The van der Waals surface area contributed by atoms with E-state index in [-0.39, 0.29) is 22.0 Å². The third-order valence-corrected chi connectivity index (χ3v) is 5.20. The van der Waals surface area contributed by atoms with E-state index in [1.54, 1.807) is 7.05 Å². The zero-order valence-corrected chi connectivity index (χ0v) is 15.6. The summed E-state index contributed by atoms with van der Waals surface area (Å²) >= 11 is 5.96. The fourth-order valence-electron chi connectivity index (χ4n) is 2.30. The highest BCUT2D eigenvalue weighted by Gasteiger charge is 2.21. The molecule has 2 aromatic carbocycles. The number of nitrogens with one attached hydrogen (secondary N) is 2. The number of hydrogen-bond acceptors (Lipinski definition) is 4. The third-order valence-electron chi connectivity index (χ3n) is 3.57. The smallest absolute Gasteiger partial charge is 0.264 e. The van der Waals surface area contributed by atoms with Crippen molar-refractivity contribution in [2.75, 3.05) is 10.0 Å². The largest absolute Gasteiger partial charge is 0.320 e. The van der Waals surface area contributed by atoms with Gasteiger partial charge in [0, 0.05) is 18.3 Å². The van der Waals surface area contributed by atoms with Crippen molar-refractivity contribution in [2.45, 2.75) is 4.90 Å². The standard InChI is InChI=1S/C17H14ClFN4O3S/c1-23-10-11(9-20-23)17(24)21-15-8-12(18)6-7-14(15)22-27(25,26)16-5-3-2-4-13(16)19/h2-10,22H,1H3,(H,21,24). The summed E-state index contributed by atoms with van der Waals surface area (Å²) in [5, 5.41) is 6.76. The van der Waals surface area contributed by atoms with Crippen molar-refractivity contribution in [2.24, 2.45) is 7.05 Å². The van der Waals surface area contributed by atoms with E-state index in [1.807, 2.05) is 0 Å². The number of halogens is 2. The highest BCUT2D eigenvalue weighted by Crippen LogP contribution is 2.29. The average molecular weight is 409 g/mol. The fraction of sp³-hybridized carbons (Fsp3) is 0.0588. The molecule has 7 nitrogen and oxygen atoms in total. The molecule has 0 saturated carbocycles. The maximum atomic E-state index is 13.9. The lowest BCUT2D eigenvalue weighted by Crippen LogP contribution is -2.18. The Labute approximate surface area is 159 Å². The summed E-state index contributed by atoms with van der Waals surface area (Å²) < 4.78 is 42.6. The fourth-order valence-corrected chi connectivity index (χ4v) is 3.64. The lowest BCUT2D eigenvalue weighted by molar-refractivity contribution is 0.102. The summed E-state index contributed by atoms with van der Waals surface area (Å²) in [6.45, 7) is 0. The van der Waals surface area contributed by atoms with Crippen molar-refractivity contribution in [1.29, 1.82) is 0 Å². The number of amides is 1. The van der Waals surface area contributed by atoms with Crippen LogP contribution in [0.1, 0.15) is 10.4 Å². The molecule has 0 atom stereocenters. The molecule has 3 rings (SSSR count). The predicted octanol–water partition coefficient (Wildman–Crippen LogP) is 3.27. The molecule has 0 aliphatic rings. The summed E-state index contributed by atoms with van der Waals surface area (Å²) in [4.78, 5) is 11.8. The topological polar surface area (TPSA) is 93.1 Å². The van der Waals surface area contributed by atoms with Crippen LogP contribution >= 0.6 is 11.6 Å². The Kier molecular flexibility index (Phi) is 5.15. The molecule has 0 spiro atoms. The van der Waals surface area contributed by atoms with Crippen LogP contribution in [0.25, 0.3) is 0 Å². The predicted molar refractivity (Wildman–Crippen MR) is 99.8 cm³/mol. The third kappa shape index (κ3) is 4.26. The van der Waals surface area contributed by atoms with Gasteiger partial charge in [-0.15, -0.1) is 0 Å². The first kappa shape index (κ1) is 18.9. The minimum Gasteiger partial charge on any atom is -0.320 e. The van der Waals surface area contributed by atoms with Gasteiger partial charge in [0.2, 0.25) is 0 Å². The Morgan fingerprint density at radius 2 is 1.93 bits per heavy atom. The Hall–Kier alpha value is -2.91. The highest BCUT2D eigenvalue weighted by atomic mass is 35.5. The Morgan fingerprint density at radius 3 is 2.59 bits per heavy atom. The lowest BCUT2D eigenvalue weighted by Gasteiger charge is -2.14. The molecule has 0 aliphatic heterocycles. The minimum atomic E-state index is -4.21. The molecule has 2 N–H and O–H groups in total. The first-order valence-corrected chi connectivity index (χ1v) is 9.49. The van der Waals surface area contributed by atoms with Gasteiger partial charge in [-0.1, -0.05) is 23.7 Å². The van der Waals surface area contributed by atoms with Gasteiger partial charge in [-0.3, -0.25) is 14.2 Å². The number of anilines is 2. The first-order valence-electron chi connectivity index (χ1n) is 7.63. The number of aryl methyl sites for hydroxylation is 1. The van der Waals surface area contributed by atoms with E-state index in [1.165, 1.54) is 47.4 Å². The van der Waals surface area contributed by atoms with Gasteiger partial charge < -0.3 is 5.32 Å². The SMILES string of the molecule is Cn1cc(C(=O)Nc2cc(Cl)ccc2NS(=O)(=O)c2ccccc2F)cn1. The summed E-state index contributed by atoms with van der Waals surface area (Å²) in [7, 11) is -2.55. The number of carbonyl (C=O) groups excluding carboxylic acids is 1. The second-order valence-electron chi connectivity index (χ2n) is 5.58. The molecule has 0 bridgehead atoms. The number of benzene rings is 2. The minimum absolute atomic E-state index is 0.0416. The van der Waals surface area contributed by atoms with E-state index >= 15 is 0 Å². The van der Waals surface area contributed by atoms with Crippen molar-refractivity contribution < 1.29 is 17.6 Å². The van der Waals surface area contributed by atoms with Crippen LogP contribution in [-0.2, 0) is 17.1 Å². The number of rotatable bonds is 5. The van der Waals surface area contributed by atoms with Crippen molar-refractivity contribution >= 4 is 38.9 Å². The van der Waals surface area contributed by atoms with E-state index in [9.17, 15) is 17.6 Å². The molecule has 0 unspecified atom stereocenters. The van der Waals surface area contributed by atoms with Gasteiger partial charge in [0.15, 0.2) is 0 Å². The maximum Gasteiger partial charge on any atom is 0.264 e. The van der Waals surface area contributed by atoms with Crippen molar-refractivity contribution in [1.82, 2.24) is 9.78 Å². The molecule has 0 fully saturated rings. The van der Waals surface area contributed by atoms with Gasteiger partial charge in [0.1, 0.15) is 10.7 Å². The molecule has 0 radical (unpaired) electrons. The normalized spacial score (nSPS) is 11.2. The Bertz CT molecular complexity index is 1110. The van der Waals surface area contributed by atoms with Crippen LogP contribution in [0.15, 0.2) is 59.8 Å². The molecule has 27 heavy (non-hydrogen) atoms. The quantitative estimate of drug-likeness (QED) is 0.677.